The molecule has 1 aliphatic heterocycles. The molecule has 2 aromatic carbocycles. The van der Waals surface area contributed by atoms with Gasteiger partial charge in [-0.15, -0.1) is 0 Å². The van der Waals surface area contributed by atoms with Crippen molar-refractivity contribution in [2.75, 3.05) is 0 Å². The molecule has 0 amide bonds. The summed E-state index contributed by atoms with van der Waals surface area (Å²) in [6.45, 7) is 0.180. The molecule has 0 aliphatic carbocycles. The van der Waals surface area contributed by atoms with Gasteiger partial charge in [0.25, 0.3) is 0 Å². The summed E-state index contributed by atoms with van der Waals surface area (Å²) >= 11 is 12.5. The van der Waals surface area contributed by atoms with Gasteiger partial charge in [0.15, 0.2) is 6.10 Å². The lowest BCUT2D eigenvalue weighted by Crippen LogP contribution is -2.37. The molecule has 0 radical (unpaired) electrons. The Morgan fingerprint density at radius 2 is 1.96 bits per heavy atom. The van der Waals surface area contributed by atoms with Gasteiger partial charge in [0.2, 0.25) is 5.60 Å². The second-order valence-corrected chi connectivity index (χ2v) is 6.71. The molecule has 2 heterocycles. The predicted molar refractivity (Wildman–Crippen MR) is 94.9 cm³/mol. The van der Waals surface area contributed by atoms with Gasteiger partial charge in [-0.25, -0.2) is 14.5 Å². The van der Waals surface area contributed by atoms with E-state index in [1.807, 2.05) is 30.3 Å². The molecule has 132 valence electrons. The smallest absolute Gasteiger partial charge is 0.421 e. The van der Waals surface area contributed by atoms with E-state index in [-0.39, 0.29) is 6.54 Å². The number of halogens is 2. The Kier molecular flexibility index (Phi) is 4.30. The fourth-order valence-corrected chi connectivity index (χ4v) is 3.74. The standard InChI is InChI=1S/C18H13Cl2N3O3/c19-13-6-7-14(15(20)8-13)18(9-23-11-21-10-22-23)16(25-17(24)26-18)12-4-2-1-3-5-12/h1-8,10-11,16H,9H2/t16-,18-/m1/s1. The monoisotopic (exact) mass is 389 g/mol. The van der Waals surface area contributed by atoms with Crippen LogP contribution in [0.25, 0.3) is 0 Å². The highest BCUT2D eigenvalue weighted by atomic mass is 35.5. The molecule has 1 fully saturated rings. The van der Waals surface area contributed by atoms with E-state index in [1.54, 1.807) is 29.2 Å². The van der Waals surface area contributed by atoms with Gasteiger partial charge >= 0.3 is 6.16 Å². The third-order valence-electron chi connectivity index (χ3n) is 4.26. The molecule has 0 spiro atoms. The summed E-state index contributed by atoms with van der Waals surface area (Å²) in [6, 6.07) is 14.4. The van der Waals surface area contributed by atoms with Gasteiger partial charge in [0.1, 0.15) is 12.7 Å². The number of cyclic esters (lactones) is 2. The van der Waals surface area contributed by atoms with Crippen LogP contribution in [0.4, 0.5) is 4.79 Å². The first-order chi connectivity index (χ1) is 12.6. The molecule has 4 rings (SSSR count). The van der Waals surface area contributed by atoms with Crippen LogP contribution in [0.15, 0.2) is 61.2 Å². The molecule has 3 aromatic rings. The molecule has 8 heteroatoms. The van der Waals surface area contributed by atoms with Crippen LogP contribution in [0.3, 0.4) is 0 Å². The Morgan fingerprint density at radius 1 is 1.15 bits per heavy atom. The molecule has 6 nitrogen and oxygen atoms in total. The van der Waals surface area contributed by atoms with Gasteiger partial charge in [-0.3, -0.25) is 0 Å². The lowest BCUT2D eigenvalue weighted by molar-refractivity contribution is 0.00364. The van der Waals surface area contributed by atoms with Crippen LogP contribution in [0.2, 0.25) is 10.0 Å². The summed E-state index contributed by atoms with van der Waals surface area (Å²) < 4.78 is 12.8. The molecule has 0 bridgehead atoms. The topological polar surface area (TPSA) is 66.2 Å². The minimum absolute atomic E-state index is 0.180. The van der Waals surface area contributed by atoms with Crippen molar-refractivity contribution in [3.05, 3.63) is 82.4 Å². The van der Waals surface area contributed by atoms with Crippen LogP contribution in [0.5, 0.6) is 0 Å². The minimum Gasteiger partial charge on any atom is -0.421 e. The van der Waals surface area contributed by atoms with E-state index in [0.29, 0.717) is 15.6 Å². The highest BCUT2D eigenvalue weighted by Gasteiger charge is 2.55. The normalized spacial score (nSPS) is 22.1. The summed E-state index contributed by atoms with van der Waals surface area (Å²) in [5.74, 6) is 0. The third-order valence-corrected chi connectivity index (χ3v) is 4.80. The zero-order valence-corrected chi connectivity index (χ0v) is 14.9. The summed E-state index contributed by atoms with van der Waals surface area (Å²) in [5, 5.41) is 4.99. The van der Waals surface area contributed by atoms with Gasteiger partial charge < -0.3 is 9.47 Å². The van der Waals surface area contributed by atoms with E-state index in [4.69, 9.17) is 32.7 Å². The summed E-state index contributed by atoms with van der Waals surface area (Å²) in [5.41, 5.74) is 0.150. The van der Waals surface area contributed by atoms with Crippen molar-refractivity contribution in [1.82, 2.24) is 14.8 Å². The van der Waals surface area contributed by atoms with E-state index in [9.17, 15) is 4.79 Å². The number of hydrogen-bond donors (Lipinski definition) is 0. The van der Waals surface area contributed by atoms with Gasteiger partial charge in [0.05, 0.1) is 6.54 Å². The Bertz CT molecular complexity index is 934. The molecule has 0 saturated carbocycles. The first-order valence-electron chi connectivity index (χ1n) is 7.81. The number of benzene rings is 2. The molecule has 0 N–H and O–H groups in total. The average molecular weight is 390 g/mol. The van der Waals surface area contributed by atoms with E-state index in [1.165, 1.54) is 6.33 Å². The van der Waals surface area contributed by atoms with Crippen molar-refractivity contribution in [2.45, 2.75) is 18.2 Å². The first kappa shape index (κ1) is 16.9. The number of hydrogen-bond acceptors (Lipinski definition) is 5. The maximum atomic E-state index is 12.2. The predicted octanol–water partition coefficient (Wildman–Crippen LogP) is 4.39. The van der Waals surface area contributed by atoms with E-state index >= 15 is 0 Å². The van der Waals surface area contributed by atoms with Crippen molar-refractivity contribution in [3.63, 3.8) is 0 Å². The van der Waals surface area contributed by atoms with Crippen LogP contribution in [0, 0.1) is 0 Å². The number of rotatable bonds is 4. The van der Waals surface area contributed by atoms with Crippen molar-refractivity contribution >= 4 is 29.4 Å². The second kappa shape index (κ2) is 6.63. The number of carbonyl (C=O) groups excluding carboxylic acids is 1. The number of aromatic nitrogens is 3. The zero-order valence-electron chi connectivity index (χ0n) is 13.4. The molecule has 0 unspecified atom stereocenters. The Labute approximate surface area is 159 Å². The van der Waals surface area contributed by atoms with Gasteiger partial charge in [-0.2, -0.15) is 5.10 Å². The Morgan fingerprint density at radius 3 is 2.65 bits per heavy atom. The van der Waals surface area contributed by atoms with Crippen molar-refractivity contribution < 1.29 is 14.3 Å². The van der Waals surface area contributed by atoms with Crippen LogP contribution in [-0.2, 0) is 21.6 Å². The van der Waals surface area contributed by atoms with Crippen molar-refractivity contribution in [1.29, 1.82) is 0 Å². The minimum atomic E-state index is -1.21. The van der Waals surface area contributed by atoms with E-state index in [2.05, 4.69) is 10.1 Å². The summed E-state index contributed by atoms with van der Waals surface area (Å²) in [6.07, 6.45) is 1.47. The van der Waals surface area contributed by atoms with Crippen molar-refractivity contribution in [2.24, 2.45) is 0 Å². The highest BCUT2D eigenvalue weighted by Crippen LogP contribution is 2.49. The number of nitrogens with zero attached hydrogens (tertiary/aromatic N) is 3. The first-order valence-corrected chi connectivity index (χ1v) is 8.56. The van der Waals surface area contributed by atoms with Gasteiger partial charge in [-0.1, -0.05) is 59.6 Å². The summed E-state index contributed by atoms with van der Waals surface area (Å²) in [4.78, 5) is 16.1. The maximum absolute atomic E-state index is 12.2. The SMILES string of the molecule is O=C1O[C@H](c2ccccc2)[C@@](Cn2cncn2)(c2ccc(Cl)cc2Cl)O1. The fourth-order valence-electron chi connectivity index (χ4n) is 3.17. The van der Waals surface area contributed by atoms with Crippen LogP contribution in [-0.4, -0.2) is 20.9 Å². The highest BCUT2D eigenvalue weighted by molar-refractivity contribution is 6.35. The summed E-state index contributed by atoms with van der Waals surface area (Å²) in [7, 11) is 0. The molecule has 26 heavy (non-hydrogen) atoms. The third kappa shape index (κ3) is 2.91. The van der Waals surface area contributed by atoms with Crippen LogP contribution >= 0.6 is 23.2 Å². The second-order valence-electron chi connectivity index (χ2n) is 5.87. The molecular formula is C18H13Cl2N3O3. The van der Waals surface area contributed by atoms with Crippen LogP contribution in [0.1, 0.15) is 17.2 Å². The molecule has 1 saturated heterocycles. The van der Waals surface area contributed by atoms with E-state index < -0.39 is 17.9 Å². The Balaban J connectivity index is 1.90. The molecular weight excluding hydrogens is 377 g/mol. The quantitative estimate of drug-likeness (QED) is 0.619. The Hall–Kier alpha value is -2.57. The average Bonchev–Trinajstić information content (AvgIpc) is 3.24. The maximum Gasteiger partial charge on any atom is 0.510 e. The zero-order chi connectivity index (χ0) is 18.1. The number of carbonyl (C=O) groups is 1. The van der Waals surface area contributed by atoms with Crippen molar-refractivity contribution in [3.8, 4) is 0 Å². The lowest BCUT2D eigenvalue weighted by Gasteiger charge is -2.32. The molecule has 1 aromatic heterocycles. The fraction of sp³-hybridized carbons (Fsp3) is 0.167. The number of ether oxygens (including phenoxy) is 2. The van der Waals surface area contributed by atoms with Gasteiger partial charge in [0, 0.05) is 15.6 Å². The largest absolute Gasteiger partial charge is 0.510 e. The lowest BCUT2D eigenvalue weighted by atomic mass is 9.84. The molecule has 2 atom stereocenters. The van der Waals surface area contributed by atoms with Crippen LogP contribution < -0.4 is 0 Å². The molecule has 1 aliphatic rings. The van der Waals surface area contributed by atoms with Gasteiger partial charge in [-0.05, 0) is 17.7 Å². The van der Waals surface area contributed by atoms with E-state index in [0.717, 1.165) is 5.56 Å².